The molecule has 0 aliphatic carbocycles. The first-order valence-electron chi connectivity index (χ1n) is 11.2. The van der Waals surface area contributed by atoms with Crippen LogP contribution in [0.2, 0.25) is 0 Å². The van der Waals surface area contributed by atoms with E-state index in [1.807, 2.05) is 50.2 Å². The standard InChI is InChI=1S/C28H27N3O3/c1-5-20-7-11-23(12-8-20)30-26-25(21-9-13-22(14-10-21)29-19(4)32)27(33)31(28(26)34)24-15-6-17(2)18(3)16-24/h6-16,30H,5H2,1-4H3,(H,29,32). The molecule has 172 valence electrons. The van der Waals surface area contributed by atoms with Gasteiger partial charge in [-0.2, -0.15) is 0 Å². The van der Waals surface area contributed by atoms with Gasteiger partial charge in [-0.3, -0.25) is 14.4 Å². The third-order valence-corrected chi connectivity index (χ3v) is 5.96. The molecular formula is C28H27N3O3. The van der Waals surface area contributed by atoms with Gasteiger partial charge >= 0.3 is 0 Å². The van der Waals surface area contributed by atoms with Crippen molar-refractivity contribution in [2.24, 2.45) is 0 Å². The molecule has 6 nitrogen and oxygen atoms in total. The Kier molecular flexibility index (Phi) is 6.32. The Bertz CT molecular complexity index is 1310. The van der Waals surface area contributed by atoms with Crippen LogP contribution in [0.1, 0.15) is 36.1 Å². The smallest absolute Gasteiger partial charge is 0.282 e. The molecule has 0 bridgehead atoms. The summed E-state index contributed by atoms with van der Waals surface area (Å²) in [7, 11) is 0. The van der Waals surface area contributed by atoms with Crippen LogP contribution < -0.4 is 15.5 Å². The van der Waals surface area contributed by atoms with E-state index in [4.69, 9.17) is 0 Å². The highest BCUT2D eigenvalue weighted by Crippen LogP contribution is 2.35. The molecule has 0 radical (unpaired) electrons. The summed E-state index contributed by atoms with van der Waals surface area (Å²) in [5.41, 5.74) is 6.23. The van der Waals surface area contributed by atoms with Gasteiger partial charge in [-0.25, -0.2) is 4.90 Å². The molecule has 0 saturated carbocycles. The first kappa shape index (κ1) is 23.0. The van der Waals surface area contributed by atoms with Gasteiger partial charge in [-0.1, -0.05) is 37.3 Å². The molecule has 3 aromatic carbocycles. The summed E-state index contributed by atoms with van der Waals surface area (Å²) < 4.78 is 0. The van der Waals surface area contributed by atoms with Crippen molar-refractivity contribution in [2.45, 2.75) is 34.1 Å². The van der Waals surface area contributed by atoms with Gasteiger partial charge in [-0.05, 0) is 78.9 Å². The van der Waals surface area contributed by atoms with Crippen LogP contribution in [0.5, 0.6) is 0 Å². The number of hydrogen-bond acceptors (Lipinski definition) is 4. The van der Waals surface area contributed by atoms with E-state index in [2.05, 4.69) is 17.6 Å². The minimum atomic E-state index is -0.409. The molecule has 0 unspecified atom stereocenters. The Morgan fingerprint density at radius 1 is 0.824 bits per heavy atom. The van der Waals surface area contributed by atoms with E-state index >= 15 is 0 Å². The van der Waals surface area contributed by atoms with Gasteiger partial charge in [0, 0.05) is 18.3 Å². The lowest BCUT2D eigenvalue weighted by Gasteiger charge is -2.17. The lowest BCUT2D eigenvalue weighted by atomic mass is 10.0. The topological polar surface area (TPSA) is 78.5 Å². The predicted molar refractivity (Wildman–Crippen MR) is 136 cm³/mol. The van der Waals surface area contributed by atoms with E-state index in [1.54, 1.807) is 30.3 Å². The van der Waals surface area contributed by atoms with Crippen molar-refractivity contribution in [1.29, 1.82) is 0 Å². The lowest BCUT2D eigenvalue weighted by Crippen LogP contribution is -2.32. The number of anilines is 3. The molecule has 0 aromatic heterocycles. The Hall–Kier alpha value is -4.19. The summed E-state index contributed by atoms with van der Waals surface area (Å²) in [5.74, 6) is -0.986. The zero-order chi connectivity index (χ0) is 24.4. The number of hydrogen-bond donors (Lipinski definition) is 2. The van der Waals surface area contributed by atoms with E-state index in [0.29, 0.717) is 16.9 Å². The van der Waals surface area contributed by atoms with Gasteiger partial charge < -0.3 is 10.6 Å². The second-order valence-electron chi connectivity index (χ2n) is 8.40. The number of rotatable bonds is 6. The van der Waals surface area contributed by atoms with Crippen LogP contribution in [0.3, 0.4) is 0 Å². The SMILES string of the molecule is CCc1ccc(NC2=C(c3ccc(NC(C)=O)cc3)C(=O)N(c3ccc(C)c(C)c3)C2=O)cc1. The minimum absolute atomic E-state index is 0.183. The lowest BCUT2D eigenvalue weighted by molar-refractivity contribution is -0.120. The first-order valence-corrected chi connectivity index (χ1v) is 11.2. The summed E-state index contributed by atoms with van der Waals surface area (Å²) >= 11 is 0. The molecule has 3 amide bonds. The van der Waals surface area contributed by atoms with E-state index < -0.39 is 11.8 Å². The van der Waals surface area contributed by atoms with Gasteiger partial charge in [0.2, 0.25) is 5.91 Å². The van der Waals surface area contributed by atoms with E-state index in [1.165, 1.54) is 17.4 Å². The molecule has 1 aliphatic rings. The van der Waals surface area contributed by atoms with Crippen LogP contribution in [0.25, 0.3) is 5.57 Å². The van der Waals surface area contributed by atoms with Crippen LogP contribution in [-0.4, -0.2) is 17.7 Å². The van der Waals surface area contributed by atoms with Crippen molar-refractivity contribution >= 4 is 40.4 Å². The number of nitrogens with one attached hydrogen (secondary N) is 2. The molecule has 4 rings (SSSR count). The second kappa shape index (κ2) is 9.35. The Labute approximate surface area is 199 Å². The van der Waals surface area contributed by atoms with E-state index in [0.717, 1.165) is 23.2 Å². The third-order valence-electron chi connectivity index (χ3n) is 5.96. The van der Waals surface area contributed by atoms with Crippen LogP contribution in [0.15, 0.2) is 72.4 Å². The predicted octanol–water partition coefficient (Wildman–Crippen LogP) is 5.22. The fourth-order valence-corrected chi connectivity index (χ4v) is 3.90. The zero-order valence-corrected chi connectivity index (χ0v) is 19.7. The number of imide groups is 1. The molecule has 0 saturated heterocycles. The molecule has 0 atom stereocenters. The molecule has 6 heteroatoms. The molecule has 34 heavy (non-hydrogen) atoms. The Balaban J connectivity index is 1.77. The van der Waals surface area contributed by atoms with Gasteiger partial charge in [0.05, 0.1) is 11.3 Å². The molecule has 0 fully saturated rings. The van der Waals surface area contributed by atoms with Crippen molar-refractivity contribution < 1.29 is 14.4 Å². The second-order valence-corrected chi connectivity index (χ2v) is 8.40. The highest BCUT2D eigenvalue weighted by Gasteiger charge is 2.40. The van der Waals surface area contributed by atoms with Gasteiger partial charge in [-0.15, -0.1) is 0 Å². The molecule has 2 N–H and O–H groups in total. The molecule has 3 aromatic rings. The molecule has 1 aliphatic heterocycles. The van der Waals surface area contributed by atoms with Crippen LogP contribution >= 0.6 is 0 Å². The number of benzene rings is 3. The number of carbonyl (C=O) groups excluding carboxylic acids is 3. The summed E-state index contributed by atoms with van der Waals surface area (Å²) in [4.78, 5) is 39.8. The van der Waals surface area contributed by atoms with Crippen molar-refractivity contribution in [1.82, 2.24) is 0 Å². The normalized spacial score (nSPS) is 13.5. The molecule has 0 spiro atoms. The molecular weight excluding hydrogens is 426 g/mol. The monoisotopic (exact) mass is 453 g/mol. The van der Waals surface area contributed by atoms with Crippen molar-refractivity contribution in [2.75, 3.05) is 15.5 Å². The quantitative estimate of drug-likeness (QED) is 0.502. The summed E-state index contributed by atoms with van der Waals surface area (Å²) in [6, 6.07) is 20.2. The summed E-state index contributed by atoms with van der Waals surface area (Å²) in [6.07, 6.45) is 0.910. The summed E-state index contributed by atoms with van der Waals surface area (Å²) in [5, 5.41) is 5.91. The van der Waals surface area contributed by atoms with Crippen LogP contribution in [0.4, 0.5) is 17.1 Å². The van der Waals surface area contributed by atoms with Crippen molar-refractivity contribution in [3.63, 3.8) is 0 Å². The Morgan fingerprint density at radius 2 is 1.47 bits per heavy atom. The summed E-state index contributed by atoms with van der Waals surface area (Å²) in [6.45, 7) is 7.45. The van der Waals surface area contributed by atoms with Crippen molar-refractivity contribution in [3.8, 4) is 0 Å². The van der Waals surface area contributed by atoms with E-state index in [9.17, 15) is 14.4 Å². The zero-order valence-electron chi connectivity index (χ0n) is 19.7. The fraction of sp³-hybridized carbons (Fsp3) is 0.179. The van der Waals surface area contributed by atoms with Crippen molar-refractivity contribution in [3.05, 3.63) is 94.7 Å². The molecule has 1 heterocycles. The average molecular weight is 454 g/mol. The van der Waals surface area contributed by atoms with Crippen LogP contribution in [-0.2, 0) is 20.8 Å². The maximum absolute atomic E-state index is 13.6. The van der Waals surface area contributed by atoms with Crippen LogP contribution in [0, 0.1) is 13.8 Å². The number of aryl methyl sites for hydroxylation is 3. The Morgan fingerprint density at radius 3 is 2.06 bits per heavy atom. The maximum Gasteiger partial charge on any atom is 0.282 e. The average Bonchev–Trinajstić information content (AvgIpc) is 3.06. The highest BCUT2D eigenvalue weighted by molar-refractivity contribution is 6.46. The van der Waals surface area contributed by atoms with Gasteiger partial charge in [0.15, 0.2) is 0 Å². The minimum Gasteiger partial charge on any atom is -0.350 e. The fourth-order valence-electron chi connectivity index (χ4n) is 3.90. The number of carbonyl (C=O) groups is 3. The third kappa shape index (κ3) is 4.48. The first-order chi connectivity index (χ1) is 16.3. The van der Waals surface area contributed by atoms with Gasteiger partial charge in [0.1, 0.15) is 5.70 Å². The number of amides is 3. The van der Waals surface area contributed by atoms with Gasteiger partial charge in [0.25, 0.3) is 11.8 Å². The maximum atomic E-state index is 13.6. The highest BCUT2D eigenvalue weighted by atomic mass is 16.2. The van der Waals surface area contributed by atoms with E-state index in [-0.39, 0.29) is 17.2 Å². The largest absolute Gasteiger partial charge is 0.350 e. The number of nitrogens with zero attached hydrogens (tertiary/aromatic N) is 1.